The fraction of sp³-hybridized carbons (Fsp3) is 0.389. The van der Waals surface area contributed by atoms with Crippen LogP contribution in [0, 0.1) is 0 Å². The quantitative estimate of drug-likeness (QED) is 0.823. The van der Waals surface area contributed by atoms with E-state index in [0.29, 0.717) is 25.1 Å². The minimum Gasteiger partial charge on any atom is -0.444 e. The third kappa shape index (κ3) is 5.53. The molecule has 0 bridgehead atoms. The Morgan fingerprint density at radius 3 is 2.67 bits per heavy atom. The third-order valence-electron chi connectivity index (χ3n) is 3.16. The maximum absolute atomic E-state index is 12.0. The Kier molecular flexibility index (Phi) is 5.73. The van der Waals surface area contributed by atoms with Crippen molar-refractivity contribution >= 4 is 28.6 Å². The van der Waals surface area contributed by atoms with Gasteiger partial charge in [0.05, 0.1) is 11.2 Å². The number of aromatic nitrogens is 1. The predicted octanol–water partition coefficient (Wildman–Crippen LogP) is 3.48. The molecular formula is C18H23N3O3. The molecule has 1 aromatic heterocycles. The van der Waals surface area contributed by atoms with Gasteiger partial charge in [-0.3, -0.25) is 9.78 Å². The Labute approximate surface area is 141 Å². The van der Waals surface area contributed by atoms with Gasteiger partial charge in [-0.1, -0.05) is 18.2 Å². The molecule has 0 saturated heterocycles. The summed E-state index contributed by atoms with van der Waals surface area (Å²) >= 11 is 0. The molecule has 0 aliphatic rings. The first-order chi connectivity index (χ1) is 11.3. The summed E-state index contributed by atoms with van der Waals surface area (Å²) in [5.74, 6) is -0.112. The molecule has 2 N–H and O–H groups in total. The van der Waals surface area contributed by atoms with E-state index in [9.17, 15) is 9.59 Å². The summed E-state index contributed by atoms with van der Waals surface area (Å²) < 4.78 is 5.13. The molecule has 0 radical (unpaired) electrons. The zero-order valence-electron chi connectivity index (χ0n) is 14.3. The number of pyridine rings is 1. The van der Waals surface area contributed by atoms with Crippen LogP contribution in [0.25, 0.3) is 10.9 Å². The molecule has 2 aromatic rings. The Bertz CT molecular complexity index is 718. The first-order valence-electron chi connectivity index (χ1n) is 7.95. The van der Waals surface area contributed by atoms with Crippen LogP contribution in [0.2, 0.25) is 0 Å². The number of para-hydroxylation sites is 1. The second-order valence-electron chi connectivity index (χ2n) is 6.46. The molecule has 0 fully saturated rings. The highest BCUT2D eigenvalue weighted by Crippen LogP contribution is 2.20. The summed E-state index contributed by atoms with van der Waals surface area (Å²) in [7, 11) is 0. The molecular weight excluding hydrogens is 306 g/mol. The van der Waals surface area contributed by atoms with E-state index in [1.54, 1.807) is 27.0 Å². The van der Waals surface area contributed by atoms with Crippen LogP contribution in [0.5, 0.6) is 0 Å². The number of rotatable bonds is 5. The number of hydrogen-bond donors (Lipinski definition) is 2. The highest BCUT2D eigenvalue weighted by molar-refractivity contribution is 6.00. The molecule has 0 spiro atoms. The number of carbonyl (C=O) groups is 2. The number of hydrogen-bond acceptors (Lipinski definition) is 4. The number of nitrogens with zero attached hydrogens (tertiary/aromatic N) is 1. The summed E-state index contributed by atoms with van der Waals surface area (Å²) in [6.07, 6.45) is 2.06. The summed E-state index contributed by atoms with van der Waals surface area (Å²) in [6, 6.07) is 9.46. The summed E-state index contributed by atoms with van der Waals surface area (Å²) in [4.78, 5) is 27.8. The van der Waals surface area contributed by atoms with E-state index in [1.807, 2.05) is 30.3 Å². The van der Waals surface area contributed by atoms with Crippen molar-refractivity contribution in [3.63, 3.8) is 0 Å². The number of nitrogens with one attached hydrogen (secondary N) is 2. The largest absolute Gasteiger partial charge is 0.444 e. The lowest BCUT2D eigenvalue weighted by atomic mass is 10.2. The maximum Gasteiger partial charge on any atom is 0.407 e. The van der Waals surface area contributed by atoms with E-state index in [0.717, 1.165) is 10.9 Å². The molecule has 24 heavy (non-hydrogen) atoms. The van der Waals surface area contributed by atoms with Gasteiger partial charge in [0, 0.05) is 24.5 Å². The highest BCUT2D eigenvalue weighted by atomic mass is 16.6. The topological polar surface area (TPSA) is 80.3 Å². The molecule has 6 heteroatoms. The molecule has 6 nitrogen and oxygen atoms in total. The number of ether oxygens (including phenoxy) is 1. The number of anilines is 1. The van der Waals surface area contributed by atoms with E-state index < -0.39 is 11.7 Å². The fourth-order valence-electron chi connectivity index (χ4n) is 2.17. The van der Waals surface area contributed by atoms with Crippen molar-refractivity contribution in [2.45, 2.75) is 39.2 Å². The van der Waals surface area contributed by atoms with Gasteiger partial charge in [-0.05, 0) is 39.3 Å². The first kappa shape index (κ1) is 17.7. The molecule has 1 aromatic carbocycles. The van der Waals surface area contributed by atoms with Gasteiger partial charge in [-0.25, -0.2) is 4.79 Å². The van der Waals surface area contributed by atoms with Gasteiger partial charge in [0.25, 0.3) is 0 Å². The average Bonchev–Trinajstić information content (AvgIpc) is 2.50. The average molecular weight is 329 g/mol. The summed E-state index contributed by atoms with van der Waals surface area (Å²) in [5.41, 5.74) is 0.932. The summed E-state index contributed by atoms with van der Waals surface area (Å²) in [6.45, 7) is 5.80. The first-order valence-corrected chi connectivity index (χ1v) is 7.95. The Morgan fingerprint density at radius 1 is 1.17 bits per heavy atom. The van der Waals surface area contributed by atoms with E-state index in [-0.39, 0.29) is 5.91 Å². The number of alkyl carbamates (subject to hydrolysis) is 1. The van der Waals surface area contributed by atoms with Crippen molar-refractivity contribution in [3.8, 4) is 0 Å². The van der Waals surface area contributed by atoms with Crippen molar-refractivity contribution in [2.24, 2.45) is 0 Å². The normalized spacial score (nSPS) is 11.1. The van der Waals surface area contributed by atoms with E-state index in [4.69, 9.17) is 4.74 Å². The van der Waals surface area contributed by atoms with Crippen LogP contribution >= 0.6 is 0 Å². The minimum atomic E-state index is -0.525. The van der Waals surface area contributed by atoms with Gasteiger partial charge in [0.15, 0.2) is 0 Å². The molecule has 128 valence electrons. The molecule has 0 saturated carbocycles. The smallest absolute Gasteiger partial charge is 0.407 e. The molecule has 0 aliphatic heterocycles. The van der Waals surface area contributed by atoms with Crippen LogP contribution in [-0.2, 0) is 9.53 Å². The van der Waals surface area contributed by atoms with Crippen molar-refractivity contribution in [3.05, 3.63) is 36.5 Å². The maximum atomic E-state index is 12.0. The Morgan fingerprint density at radius 2 is 1.92 bits per heavy atom. The minimum absolute atomic E-state index is 0.112. The Hall–Kier alpha value is -2.63. The van der Waals surface area contributed by atoms with Crippen LogP contribution < -0.4 is 10.6 Å². The lowest BCUT2D eigenvalue weighted by molar-refractivity contribution is -0.116. The van der Waals surface area contributed by atoms with Gasteiger partial charge in [-0.15, -0.1) is 0 Å². The molecule has 0 atom stereocenters. The van der Waals surface area contributed by atoms with Crippen molar-refractivity contribution in [2.75, 3.05) is 11.9 Å². The molecule has 2 rings (SSSR count). The van der Waals surface area contributed by atoms with Crippen LogP contribution in [0.4, 0.5) is 10.5 Å². The molecule has 2 amide bonds. The second kappa shape index (κ2) is 7.77. The lowest BCUT2D eigenvalue weighted by Gasteiger charge is -2.19. The van der Waals surface area contributed by atoms with Crippen molar-refractivity contribution in [1.29, 1.82) is 0 Å². The fourth-order valence-corrected chi connectivity index (χ4v) is 2.17. The number of carbonyl (C=O) groups excluding carboxylic acids is 2. The number of fused-ring (bicyclic) bond motifs is 1. The Balaban J connectivity index is 1.78. The van der Waals surface area contributed by atoms with Crippen molar-refractivity contribution in [1.82, 2.24) is 10.3 Å². The number of benzene rings is 1. The van der Waals surface area contributed by atoms with Gasteiger partial charge in [0.2, 0.25) is 5.91 Å². The number of amides is 2. The van der Waals surface area contributed by atoms with Crippen LogP contribution in [0.15, 0.2) is 36.5 Å². The van der Waals surface area contributed by atoms with Crippen LogP contribution in [0.1, 0.15) is 33.6 Å². The second-order valence-corrected chi connectivity index (χ2v) is 6.46. The zero-order valence-corrected chi connectivity index (χ0v) is 14.3. The van der Waals surface area contributed by atoms with Crippen LogP contribution in [0.3, 0.4) is 0 Å². The molecule has 0 unspecified atom stereocenters. The standard InChI is InChI=1S/C18H23N3O3/c1-18(2,3)24-17(23)20-12-6-10-15(22)21-14-9-4-7-13-8-5-11-19-16(13)14/h4-5,7-9,11H,6,10,12H2,1-3H3,(H,20,23)(H,21,22). The molecule has 0 aliphatic carbocycles. The van der Waals surface area contributed by atoms with Crippen molar-refractivity contribution < 1.29 is 14.3 Å². The van der Waals surface area contributed by atoms with E-state index in [1.165, 1.54) is 0 Å². The van der Waals surface area contributed by atoms with Gasteiger partial charge < -0.3 is 15.4 Å². The van der Waals surface area contributed by atoms with Gasteiger partial charge in [0.1, 0.15) is 5.60 Å². The predicted molar refractivity (Wildman–Crippen MR) is 93.8 cm³/mol. The monoisotopic (exact) mass is 329 g/mol. The van der Waals surface area contributed by atoms with Crippen LogP contribution in [-0.4, -0.2) is 29.1 Å². The highest BCUT2D eigenvalue weighted by Gasteiger charge is 2.15. The third-order valence-corrected chi connectivity index (χ3v) is 3.16. The van der Waals surface area contributed by atoms with E-state index in [2.05, 4.69) is 15.6 Å². The SMILES string of the molecule is CC(C)(C)OC(=O)NCCCC(=O)Nc1cccc2cccnc12. The summed E-state index contributed by atoms with van der Waals surface area (Å²) in [5, 5.41) is 6.47. The van der Waals surface area contributed by atoms with Gasteiger partial charge >= 0.3 is 6.09 Å². The zero-order chi connectivity index (χ0) is 17.6. The van der Waals surface area contributed by atoms with Gasteiger partial charge in [-0.2, -0.15) is 0 Å². The van der Waals surface area contributed by atoms with E-state index >= 15 is 0 Å². The lowest BCUT2D eigenvalue weighted by Crippen LogP contribution is -2.33. The molecule has 1 heterocycles.